The van der Waals surface area contributed by atoms with E-state index in [0.29, 0.717) is 6.54 Å². The zero-order valence-electron chi connectivity index (χ0n) is 32.3. The number of benzene rings is 8. The summed E-state index contributed by atoms with van der Waals surface area (Å²) in [4.78, 5) is 5.32. The van der Waals surface area contributed by atoms with Crippen LogP contribution in [-0.4, -0.2) is 5.71 Å². The molecular formula is C55H45N. The van der Waals surface area contributed by atoms with E-state index < -0.39 is 0 Å². The summed E-state index contributed by atoms with van der Waals surface area (Å²) in [6, 6.07) is 68.4. The SMILES string of the molecule is CC(=CCC(=NCc1ccc(-c2ccccc2)cc1)c1ccc2ccc(-c3ccc4c(c3)-c3ccccc3C4(C)C)cc2c1)c1ccc(-c2ccccc2)cc1. The van der Waals surface area contributed by atoms with Gasteiger partial charge in [0.2, 0.25) is 0 Å². The van der Waals surface area contributed by atoms with Gasteiger partial charge in [0.15, 0.2) is 0 Å². The van der Waals surface area contributed by atoms with E-state index in [1.165, 1.54) is 83.1 Å². The normalized spacial score (nSPS) is 13.4. The summed E-state index contributed by atoms with van der Waals surface area (Å²) in [5, 5.41) is 2.45. The fraction of sp³-hybridized carbons (Fsp3) is 0.109. The third-order valence-electron chi connectivity index (χ3n) is 11.7. The van der Waals surface area contributed by atoms with Crippen LogP contribution in [0.5, 0.6) is 0 Å². The highest BCUT2D eigenvalue weighted by Gasteiger charge is 2.35. The van der Waals surface area contributed by atoms with Crippen molar-refractivity contribution in [3.63, 3.8) is 0 Å². The molecule has 0 radical (unpaired) electrons. The average Bonchev–Trinajstić information content (AvgIpc) is 3.49. The van der Waals surface area contributed by atoms with Crippen LogP contribution in [-0.2, 0) is 12.0 Å². The molecule has 0 aliphatic heterocycles. The van der Waals surface area contributed by atoms with E-state index in [9.17, 15) is 0 Å². The summed E-state index contributed by atoms with van der Waals surface area (Å²) in [7, 11) is 0. The molecule has 8 aromatic carbocycles. The van der Waals surface area contributed by atoms with Gasteiger partial charge in [-0.3, -0.25) is 4.99 Å². The highest BCUT2D eigenvalue weighted by atomic mass is 14.7. The summed E-state index contributed by atoms with van der Waals surface area (Å²) >= 11 is 0. The second-order valence-electron chi connectivity index (χ2n) is 15.6. The Labute approximate surface area is 331 Å². The summed E-state index contributed by atoms with van der Waals surface area (Å²) in [6.07, 6.45) is 3.07. The Kier molecular flexibility index (Phi) is 9.37. The van der Waals surface area contributed by atoms with E-state index in [1.807, 2.05) is 0 Å². The van der Waals surface area contributed by atoms with Crippen LogP contribution in [0.2, 0.25) is 0 Å². The lowest BCUT2D eigenvalue weighted by molar-refractivity contribution is 0.660. The number of hydrogen-bond donors (Lipinski definition) is 0. The predicted molar refractivity (Wildman–Crippen MR) is 239 cm³/mol. The second-order valence-corrected chi connectivity index (χ2v) is 15.6. The van der Waals surface area contributed by atoms with Gasteiger partial charge in [0, 0.05) is 17.5 Å². The molecule has 270 valence electrons. The molecule has 1 aliphatic carbocycles. The van der Waals surface area contributed by atoms with Crippen LogP contribution in [0.15, 0.2) is 199 Å². The van der Waals surface area contributed by atoms with E-state index in [4.69, 9.17) is 4.99 Å². The van der Waals surface area contributed by atoms with Crippen LogP contribution in [0.25, 0.3) is 60.9 Å². The van der Waals surface area contributed by atoms with Gasteiger partial charge >= 0.3 is 0 Å². The van der Waals surface area contributed by atoms with Crippen LogP contribution >= 0.6 is 0 Å². The molecule has 0 spiro atoms. The first kappa shape index (κ1) is 35.2. The smallest absolute Gasteiger partial charge is 0.0643 e. The van der Waals surface area contributed by atoms with Gasteiger partial charge in [-0.2, -0.15) is 0 Å². The minimum absolute atomic E-state index is 0.000820. The number of hydrogen-bond acceptors (Lipinski definition) is 1. The van der Waals surface area contributed by atoms with Gasteiger partial charge in [-0.1, -0.05) is 190 Å². The minimum atomic E-state index is 0.000820. The van der Waals surface area contributed by atoms with E-state index in [-0.39, 0.29) is 5.41 Å². The monoisotopic (exact) mass is 719 g/mol. The topological polar surface area (TPSA) is 12.4 Å². The number of allylic oxidation sites excluding steroid dienone is 2. The molecule has 0 unspecified atom stereocenters. The predicted octanol–water partition coefficient (Wildman–Crippen LogP) is 14.6. The van der Waals surface area contributed by atoms with Crippen molar-refractivity contribution < 1.29 is 0 Å². The van der Waals surface area contributed by atoms with Crippen molar-refractivity contribution in [2.45, 2.75) is 39.2 Å². The molecular weight excluding hydrogens is 675 g/mol. The van der Waals surface area contributed by atoms with E-state index in [0.717, 1.165) is 17.7 Å². The van der Waals surface area contributed by atoms with Crippen molar-refractivity contribution >= 4 is 22.1 Å². The molecule has 8 aromatic rings. The molecule has 56 heavy (non-hydrogen) atoms. The van der Waals surface area contributed by atoms with Crippen molar-refractivity contribution in [3.8, 4) is 44.5 Å². The summed E-state index contributed by atoms with van der Waals surface area (Å²) in [6.45, 7) is 7.51. The Morgan fingerprint density at radius 2 is 1.00 bits per heavy atom. The molecule has 0 heterocycles. The number of nitrogens with zero attached hydrogens (tertiary/aromatic N) is 1. The zero-order chi connectivity index (χ0) is 38.1. The average molecular weight is 720 g/mol. The molecule has 0 aromatic heterocycles. The van der Waals surface area contributed by atoms with Crippen LogP contribution < -0.4 is 0 Å². The molecule has 1 aliphatic rings. The van der Waals surface area contributed by atoms with Gasteiger partial charge in [0.05, 0.1) is 6.54 Å². The van der Waals surface area contributed by atoms with Crippen LogP contribution in [0.4, 0.5) is 0 Å². The Morgan fingerprint density at radius 3 is 1.71 bits per heavy atom. The quantitative estimate of drug-likeness (QED) is 0.132. The Bertz CT molecular complexity index is 2730. The maximum atomic E-state index is 5.32. The lowest BCUT2D eigenvalue weighted by Crippen LogP contribution is -2.14. The molecule has 0 saturated carbocycles. The minimum Gasteiger partial charge on any atom is -0.284 e. The van der Waals surface area contributed by atoms with E-state index in [1.54, 1.807) is 0 Å². The van der Waals surface area contributed by atoms with Gasteiger partial charge < -0.3 is 0 Å². The first-order valence-electron chi connectivity index (χ1n) is 19.7. The molecule has 1 heteroatoms. The highest BCUT2D eigenvalue weighted by Crippen LogP contribution is 2.49. The second kappa shape index (κ2) is 14.9. The van der Waals surface area contributed by atoms with Crippen LogP contribution in [0.1, 0.15) is 55.0 Å². The number of rotatable bonds is 9. The summed E-state index contributed by atoms with van der Waals surface area (Å²) in [5.74, 6) is 0. The van der Waals surface area contributed by atoms with Gasteiger partial charge in [-0.05, 0) is 114 Å². The fourth-order valence-electron chi connectivity index (χ4n) is 8.32. The molecule has 0 atom stereocenters. The first-order chi connectivity index (χ1) is 27.4. The van der Waals surface area contributed by atoms with E-state index in [2.05, 4.69) is 215 Å². The summed E-state index contributed by atoms with van der Waals surface area (Å²) in [5.41, 5.74) is 18.8. The van der Waals surface area contributed by atoms with Crippen molar-refractivity contribution in [1.29, 1.82) is 0 Å². The number of fused-ring (bicyclic) bond motifs is 4. The van der Waals surface area contributed by atoms with Crippen molar-refractivity contribution in [2.75, 3.05) is 0 Å². The van der Waals surface area contributed by atoms with Gasteiger partial charge in [0.25, 0.3) is 0 Å². The molecule has 9 rings (SSSR count). The maximum Gasteiger partial charge on any atom is 0.0643 e. The molecule has 0 amide bonds. The van der Waals surface area contributed by atoms with Gasteiger partial charge in [0.1, 0.15) is 0 Å². The molecule has 1 nitrogen and oxygen atoms in total. The highest BCUT2D eigenvalue weighted by molar-refractivity contribution is 6.05. The van der Waals surface area contributed by atoms with Crippen molar-refractivity contribution in [1.82, 2.24) is 0 Å². The van der Waals surface area contributed by atoms with Crippen molar-refractivity contribution in [3.05, 3.63) is 222 Å². The first-order valence-corrected chi connectivity index (χ1v) is 19.7. The van der Waals surface area contributed by atoms with Gasteiger partial charge in [-0.15, -0.1) is 0 Å². The fourth-order valence-corrected chi connectivity index (χ4v) is 8.32. The van der Waals surface area contributed by atoms with E-state index >= 15 is 0 Å². The number of aliphatic imine (C=N–C) groups is 1. The Morgan fingerprint density at radius 1 is 0.464 bits per heavy atom. The van der Waals surface area contributed by atoms with Crippen molar-refractivity contribution in [2.24, 2.45) is 4.99 Å². The zero-order valence-corrected chi connectivity index (χ0v) is 32.3. The largest absolute Gasteiger partial charge is 0.284 e. The Hall–Kier alpha value is -6.57. The van der Waals surface area contributed by atoms with Crippen LogP contribution in [0, 0.1) is 0 Å². The standard InChI is InChI=1S/C55H45N/c1-38(40-23-25-44(26-24-40)42-14-8-5-9-15-42)18-33-54(56-37-39-19-21-43(22-20-39)41-12-6-4-7-13-41)48-30-28-45-27-29-46(34-49(45)35-48)47-31-32-53-51(36-47)50-16-10-11-17-52(50)55(53,2)3/h4-32,34-36H,33,37H2,1-3H3. The Balaban J connectivity index is 1.04. The lowest BCUT2D eigenvalue weighted by atomic mass is 9.82. The van der Waals surface area contributed by atoms with Gasteiger partial charge in [-0.25, -0.2) is 0 Å². The lowest BCUT2D eigenvalue weighted by Gasteiger charge is -2.21. The molecule has 0 N–H and O–H groups in total. The molecule has 0 saturated heterocycles. The summed E-state index contributed by atoms with van der Waals surface area (Å²) < 4.78 is 0. The van der Waals surface area contributed by atoms with Crippen LogP contribution in [0.3, 0.4) is 0 Å². The third-order valence-corrected chi connectivity index (χ3v) is 11.7. The third kappa shape index (κ3) is 6.93. The molecule has 0 fully saturated rings. The molecule has 0 bridgehead atoms. The maximum absolute atomic E-state index is 5.32.